The van der Waals surface area contributed by atoms with Gasteiger partial charge in [0.1, 0.15) is 5.00 Å². The Morgan fingerprint density at radius 2 is 2.13 bits per heavy atom. The van der Waals surface area contributed by atoms with Crippen LogP contribution in [0.4, 0.5) is 5.00 Å². The van der Waals surface area contributed by atoms with Gasteiger partial charge in [0.05, 0.1) is 12.2 Å². The minimum Gasteiger partial charge on any atom is -0.462 e. The van der Waals surface area contributed by atoms with E-state index in [0.717, 1.165) is 31.2 Å². The summed E-state index contributed by atoms with van der Waals surface area (Å²) in [5, 5.41) is 3.54. The molecule has 1 aromatic heterocycles. The fourth-order valence-corrected chi connectivity index (χ4v) is 4.19. The predicted octanol–water partition coefficient (Wildman–Crippen LogP) is 4.34. The van der Waals surface area contributed by atoms with Crippen LogP contribution in [0.1, 0.15) is 61.3 Å². The Kier molecular flexibility index (Phi) is 5.99. The first-order chi connectivity index (χ1) is 11.0. The number of fused-ring (bicyclic) bond motifs is 1. The minimum absolute atomic E-state index is 0.163. The number of anilines is 1. The SMILES string of the molecule is C/C=C(\C)C(=O)Nc1sc2c(c1C(=O)OCC)CC[C@@H](CC)C2. The summed E-state index contributed by atoms with van der Waals surface area (Å²) in [6.45, 7) is 7.93. The van der Waals surface area contributed by atoms with Crippen molar-refractivity contribution in [2.24, 2.45) is 5.92 Å². The standard InChI is InChI=1S/C18H25NO3S/c1-5-11(4)16(20)19-17-15(18(21)22-7-3)13-9-8-12(6-2)10-14(13)23-17/h5,12H,6-10H2,1-4H3,(H,19,20)/b11-5+/t12-/m1/s1. The number of esters is 1. The molecule has 0 aromatic carbocycles. The van der Waals surface area contributed by atoms with Gasteiger partial charge in [-0.2, -0.15) is 0 Å². The zero-order valence-electron chi connectivity index (χ0n) is 14.3. The Bertz CT molecular complexity index is 630. The number of amides is 1. The van der Waals surface area contributed by atoms with Gasteiger partial charge >= 0.3 is 5.97 Å². The van der Waals surface area contributed by atoms with Crippen LogP contribution in [-0.2, 0) is 22.4 Å². The predicted molar refractivity (Wildman–Crippen MR) is 94.1 cm³/mol. The molecular formula is C18H25NO3S. The van der Waals surface area contributed by atoms with E-state index in [4.69, 9.17) is 4.74 Å². The monoisotopic (exact) mass is 335 g/mol. The van der Waals surface area contributed by atoms with E-state index in [2.05, 4.69) is 12.2 Å². The number of ether oxygens (including phenoxy) is 1. The molecule has 1 amide bonds. The van der Waals surface area contributed by atoms with Crippen molar-refractivity contribution >= 4 is 28.2 Å². The van der Waals surface area contributed by atoms with Crippen molar-refractivity contribution in [1.82, 2.24) is 0 Å². The van der Waals surface area contributed by atoms with Gasteiger partial charge in [-0.1, -0.05) is 19.4 Å². The fourth-order valence-electron chi connectivity index (χ4n) is 2.84. The first-order valence-corrected chi connectivity index (χ1v) is 9.09. The molecular weight excluding hydrogens is 310 g/mol. The molecule has 126 valence electrons. The van der Waals surface area contributed by atoms with Crippen LogP contribution in [0.5, 0.6) is 0 Å². The van der Waals surface area contributed by atoms with E-state index in [1.807, 2.05) is 6.92 Å². The maximum absolute atomic E-state index is 12.4. The zero-order chi connectivity index (χ0) is 17.0. The molecule has 0 bridgehead atoms. The summed E-state index contributed by atoms with van der Waals surface area (Å²) in [5.41, 5.74) is 2.28. The van der Waals surface area contributed by atoms with E-state index in [1.165, 1.54) is 16.2 Å². The second-order valence-electron chi connectivity index (χ2n) is 5.87. The highest BCUT2D eigenvalue weighted by Crippen LogP contribution is 2.40. The summed E-state index contributed by atoms with van der Waals surface area (Å²) >= 11 is 1.53. The smallest absolute Gasteiger partial charge is 0.341 e. The summed E-state index contributed by atoms with van der Waals surface area (Å²) in [7, 11) is 0. The van der Waals surface area contributed by atoms with Gasteiger partial charge in [-0.25, -0.2) is 4.79 Å². The molecule has 23 heavy (non-hydrogen) atoms. The molecule has 0 saturated heterocycles. The zero-order valence-corrected chi connectivity index (χ0v) is 15.1. The van der Waals surface area contributed by atoms with Crippen molar-refractivity contribution < 1.29 is 14.3 Å². The highest BCUT2D eigenvalue weighted by Gasteiger charge is 2.29. The molecule has 0 spiro atoms. The van der Waals surface area contributed by atoms with E-state index in [-0.39, 0.29) is 11.9 Å². The molecule has 1 heterocycles. The molecule has 1 N–H and O–H groups in total. The molecule has 0 saturated carbocycles. The molecule has 2 rings (SSSR count). The van der Waals surface area contributed by atoms with E-state index >= 15 is 0 Å². The highest BCUT2D eigenvalue weighted by atomic mass is 32.1. The minimum atomic E-state index is -0.326. The molecule has 4 nitrogen and oxygen atoms in total. The lowest BCUT2D eigenvalue weighted by atomic mass is 9.85. The van der Waals surface area contributed by atoms with Gasteiger partial charge < -0.3 is 10.1 Å². The lowest BCUT2D eigenvalue weighted by Crippen LogP contribution is -2.17. The number of carbonyl (C=O) groups is 2. The van der Waals surface area contributed by atoms with Gasteiger partial charge in [-0.05, 0) is 51.5 Å². The quantitative estimate of drug-likeness (QED) is 0.643. The summed E-state index contributed by atoms with van der Waals surface area (Å²) in [4.78, 5) is 25.8. The molecule has 1 aliphatic rings. The Labute approximate surface area is 141 Å². The van der Waals surface area contributed by atoms with Crippen molar-refractivity contribution in [2.75, 3.05) is 11.9 Å². The number of hydrogen-bond acceptors (Lipinski definition) is 4. The van der Waals surface area contributed by atoms with E-state index in [1.54, 1.807) is 19.9 Å². The average molecular weight is 335 g/mol. The van der Waals surface area contributed by atoms with Crippen LogP contribution < -0.4 is 5.32 Å². The Morgan fingerprint density at radius 1 is 1.39 bits per heavy atom. The van der Waals surface area contributed by atoms with Crippen LogP contribution in [-0.4, -0.2) is 18.5 Å². The number of rotatable bonds is 5. The third-order valence-corrected chi connectivity index (χ3v) is 5.61. The summed E-state index contributed by atoms with van der Waals surface area (Å²) in [6, 6.07) is 0. The number of hydrogen-bond donors (Lipinski definition) is 1. The van der Waals surface area contributed by atoms with Gasteiger partial charge in [0, 0.05) is 10.5 Å². The highest BCUT2D eigenvalue weighted by molar-refractivity contribution is 7.17. The molecule has 0 aliphatic heterocycles. The number of allylic oxidation sites excluding steroid dienone is 1. The van der Waals surface area contributed by atoms with Gasteiger partial charge in [0.2, 0.25) is 0 Å². The van der Waals surface area contributed by atoms with Crippen molar-refractivity contribution in [2.45, 2.75) is 53.4 Å². The third kappa shape index (κ3) is 3.83. The molecule has 0 unspecified atom stereocenters. The Balaban J connectivity index is 2.38. The van der Waals surface area contributed by atoms with Crippen molar-refractivity contribution in [3.05, 3.63) is 27.7 Å². The maximum atomic E-state index is 12.4. The van der Waals surface area contributed by atoms with E-state index in [9.17, 15) is 9.59 Å². The largest absolute Gasteiger partial charge is 0.462 e. The molecule has 1 atom stereocenters. The Hall–Kier alpha value is -1.62. The van der Waals surface area contributed by atoms with Crippen molar-refractivity contribution in [3.63, 3.8) is 0 Å². The number of nitrogens with one attached hydrogen (secondary N) is 1. The fraction of sp³-hybridized carbons (Fsp3) is 0.556. The lowest BCUT2D eigenvalue weighted by molar-refractivity contribution is -0.112. The van der Waals surface area contributed by atoms with Gasteiger partial charge in [0.15, 0.2) is 0 Å². The van der Waals surface area contributed by atoms with Crippen LogP contribution in [0.25, 0.3) is 0 Å². The van der Waals surface area contributed by atoms with Crippen LogP contribution in [0.15, 0.2) is 11.6 Å². The van der Waals surface area contributed by atoms with Crippen LogP contribution in [0, 0.1) is 5.92 Å². The normalized spacial score (nSPS) is 17.6. The third-order valence-electron chi connectivity index (χ3n) is 4.44. The van der Waals surface area contributed by atoms with Gasteiger partial charge in [0.25, 0.3) is 5.91 Å². The van der Waals surface area contributed by atoms with Crippen LogP contribution in [0.3, 0.4) is 0 Å². The summed E-state index contributed by atoms with van der Waals surface area (Å²) < 4.78 is 5.22. The second-order valence-corrected chi connectivity index (χ2v) is 6.98. The first-order valence-electron chi connectivity index (χ1n) is 8.27. The number of thiophene rings is 1. The second kappa shape index (κ2) is 7.77. The van der Waals surface area contributed by atoms with Gasteiger partial charge in [-0.15, -0.1) is 11.3 Å². The average Bonchev–Trinajstić information content (AvgIpc) is 2.90. The lowest BCUT2D eigenvalue weighted by Gasteiger charge is -2.20. The number of carbonyl (C=O) groups excluding carboxylic acids is 2. The maximum Gasteiger partial charge on any atom is 0.341 e. The molecule has 1 aromatic rings. The summed E-state index contributed by atoms with van der Waals surface area (Å²) in [6.07, 6.45) is 5.87. The van der Waals surface area contributed by atoms with Gasteiger partial charge in [-0.3, -0.25) is 4.79 Å². The molecule has 5 heteroatoms. The van der Waals surface area contributed by atoms with E-state index < -0.39 is 0 Å². The van der Waals surface area contributed by atoms with Crippen LogP contribution in [0.2, 0.25) is 0 Å². The molecule has 0 fully saturated rings. The van der Waals surface area contributed by atoms with Crippen molar-refractivity contribution in [3.8, 4) is 0 Å². The molecule has 0 radical (unpaired) electrons. The molecule has 1 aliphatic carbocycles. The van der Waals surface area contributed by atoms with E-state index in [0.29, 0.717) is 28.7 Å². The summed E-state index contributed by atoms with van der Waals surface area (Å²) in [5.74, 6) is 0.175. The first kappa shape index (κ1) is 17.7. The van der Waals surface area contributed by atoms with Crippen LogP contribution >= 0.6 is 11.3 Å². The topological polar surface area (TPSA) is 55.4 Å². The Morgan fingerprint density at radius 3 is 2.74 bits per heavy atom. The van der Waals surface area contributed by atoms with Crippen molar-refractivity contribution in [1.29, 1.82) is 0 Å².